The van der Waals surface area contributed by atoms with Crippen molar-refractivity contribution in [2.24, 2.45) is 0 Å². The maximum absolute atomic E-state index is 12.9. The molecule has 0 bridgehead atoms. The largest absolute Gasteiger partial charge is 0.481 e. The molecule has 3 rings (SSSR count). The van der Waals surface area contributed by atoms with E-state index in [9.17, 15) is 27.9 Å². The number of carboxylic acids is 1. The number of para-hydroxylation sites is 1. The quantitative estimate of drug-likeness (QED) is 0.883. The maximum atomic E-state index is 12.9. The van der Waals surface area contributed by atoms with E-state index >= 15 is 0 Å². The van der Waals surface area contributed by atoms with Gasteiger partial charge < -0.3 is 10.0 Å². The van der Waals surface area contributed by atoms with E-state index in [0.29, 0.717) is 11.3 Å². The number of alkyl halides is 3. The van der Waals surface area contributed by atoms with Crippen LogP contribution in [0, 0.1) is 6.92 Å². The third-order valence-corrected chi connectivity index (χ3v) is 4.39. The average Bonchev–Trinajstić information content (AvgIpc) is 2.59. The van der Waals surface area contributed by atoms with Crippen molar-refractivity contribution in [3.63, 3.8) is 0 Å². The molecule has 0 fully saturated rings. The number of carbonyl (C=O) groups is 2. The van der Waals surface area contributed by atoms with Crippen molar-refractivity contribution < 1.29 is 27.9 Å². The van der Waals surface area contributed by atoms with E-state index < -0.39 is 29.7 Å². The standard InChI is InChI=1S/C18H15F3N2O3/c1-10-11(6-7-15(22-10)18(19,20)21)16(24)23-9-8-13(17(25)26)12-4-2-3-5-14(12)23/h2-7,13H,8-9H2,1H3,(H,25,26). The summed E-state index contributed by atoms with van der Waals surface area (Å²) >= 11 is 0. The van der Waals surface area contributed by atoms with Crippen molar-refractivity contribution >= 4 is 17.6 Å². The Balaban J connectivity index is 1.98. The number of aryl methyl sites for hydroxylation is 1. The van der Waals surface area contributed by atoms with Crippen molar-refractivity contribution in [2.75, 3.05) is 11.4 Å². The highest BCUT2D eigenvalue weighted by Gasteiger charge is 2.35. The number of aromatic nitrogens is 1. The minimum Gasteiger partial charge on any atom is -0.481 e. The van der Waals surface area contributed by atoms with Gasteiger partial charge in [0, 0.05) is 12.2 Å². The molecule has 1 aliphatic heterocycles. The minimum absolute atomic E-state index is 0.0253. The first-order chi connectivity index (χ1) is 12.2. The molecular formula is C18H15F3N2O3. The molecule has 2 heterocycles. The molecule has 1 amide bonds. The lowest BCUT2D eigenvalue weighted by molar-refractivity contribution is -0.141. The number of nitrogens with zero attached hydrogens (tertiary/aromatic N) is 2. The summed E-state index contributed by atoms with van der Waals surface area (Å²) in [6.45, 7) is 1.51. The number of benzene rings is 1. The van der Waals surface area contributed by atoms with Crippen LogP contribution in [-0.4, -0.2) is 28.5 Å². The Labute approximate surface area is 147 Å². The van der Waals surface area contributed by atoms with Crippen molar-refractivity contribution in [1.82, 2.24) is 4.98 Å². The molecule has 1 unspecified atom stereocenters. The van der Waals surface area contributed by atoms with E-state index in [1.807, 2.05) is 0 Å². The van der Waals surface area contributed by atoms with Gasteiger partial charge in [0.1, 0.15) is 5.69 Å². The summed E-state index contributed by atoms with van der Waals surface area (Å²) in [7, 11) is 0. The fraction of sp³-hybridized carbons (Fsp3) is 0.278. The highest BCUT2D eigenvalue weighted by Crippen LogP contribution is 2.36. The van der Waals surface area contributed by atoms with E-state index in [2.05, 4.69) is 4.98 Å². The number of hydrogen-bond donors (Lipinski definition) is 1. The van der Waals surface area contributed by atoms with Crippen LogP contribution in [0.4, 0.5) is 18.9 Å². The molecule has 0 saturated heterocycles. The zero-order valence-electron chi connectivity index (χ0n) is 13.7. The number of carboxylic acid groups (broad SMARTS) is 1. The Bertz CT molecular complexity index is 880. The van der Waals surface area contributed by atoms with Crippen molar-refractivity contribution in [2.45, 2.75) is 25.4 Å². The van der Waals surface area contributed by atoms with Crippen LogP contribution in [0.3, 0.4) is 0 Å². The van der Waals surface area contributed by atoms with Gasteiger partial charge in [-0.2, -0.15) is 13.2 Å². The third kappa shape index (κ3) is 3.14. The fourth-order valence-electron chi connectivity index (χ4n) is 3.12. The topological polar surface area (TPSA) is 70.5 Å². The van der Waals surface area contributed by atoms with E-state index in [1.54, 1.807) is 24.3 Å². The highest BCUT2D eigenvalue weighted by atomic mass is 19.4. The van der Waals surface area contributed by atoms with Gasteiger partial charge in [-0.15, -0.1) is 0 Å². The Morgan fingerprint density at radius 2 is 1.88 bits per heavy atom. The minimum atomic E-state index is -4.58. The lowest BCUT2D eigenvalue weighted by atomic mass is 9.89. The number of amides is 1. The lowest BCUT2D eigenvalue weighted by Gasteiger charge is -2.33. The van der Waals surface area contributed by atoms with Gasteiger partial charge in [0.05, 0.1) is 17.2 Å². The molecule has 1 aromatic heterocycles. The molecule has 2 aromatic rings. The van der Waals surface area contributed by atoms with E-state index in [0.717, 1.165) is 12.1 Å². The number of halogens is 3. The maximum Gasteiger partial charge on any atom is 0.433 e. The van der Waals surface area contributed by atoms with Crippen LogP contribution in [0.15, 0.2) is 36.4 Å². The highest BCUT2D eigenvalue weighted by molar-refractivity contribution is 6.08. The van der Waals surface area contributed by atoms with Gasteiger partial charge in [-0.1, -0.05) is 18.2 Å². The Kier molecular flexibility index (Phi) is 4.43. The number of hydrogen-bond acceptors (Lipinski definition) is 3. The first kappa shape index (κ1) is 17.9. The number of fused-ring (bicyclic) bond motifs is 1. The van der Waals surface area contributed by atoms with Crippen LogP contribution >= 0.6 is 0 Å². The van der Waals surface area contributed by atoms with Crippen molar-refractivity contribution in [3.8, 4) is 0 Å². The molecule has 1 aromatic carbocycles. The second-order valence-electron chi connectivity index (χ2n) is 6.02. The number of pyridine rings is 1. The zero-order chi connectivity index (χ0) is 19.1. The number of aliphatic carboxylic acids is 1. The molecule has 136 valence electrons. The van der Waals surface area contributed by atoms with Gasteiger partial charge in [0.2, 0.25) is 0 Å². The predicted molar refractivity (Wildman–Crippen MR) is 87.1 cm³/mol. The van der Waals surface area contributed by atoms with Crippen LogP contribution in [0.5, 0.6) is 0 Å². The van der Waals surface area contributed by atoms with E-state index in [-0.39, 0.29) is 24.2 Å². The fourth-order valence-corrected chi connectivity index (χ4v) is 3.12. The van der Waals surface area contributed by atoms with Gasteiger partial charge in [-0.3, -0.25) is 9.59 Å². The van der Waals surface area contributed by atoms with Crippen LogP contribution in [0.1, 0.15) is 39.6 Å². The number of anilines is 1. The van der Waals surface area contributed by atoms with Gasteiger partial charge >= 0.3 is 12.1 Å². The van der Waals surface area contributed by atoms with Crippen LogP contribution < -0.4 is 4.90 Å². The summed E-state index contributed by atoms with van der Waals surface area (Å²) in [6, 6.07) is 8.53. The smallest absolute Gasteiger partial charge is 0.433 e. The summed E-state index contributed by atoms with van der Waals surface area (Å²) in [4.78, 5) is 29.2. The lowest BCUT2D eigenvalue weighted by Crippen LogP contribution is -2.38. The average molecular weight is 364 g/mol. The van der Waals surface area contributed by atoms with Crippen molar-refractivity contribution in [1.29, 1.82) is 0 Å². The van der Waals surface area contributed by atoms with Crippen LogP contribution in [0.25, 0.3) is 0 Å². The molecule has 26 heavy (non-hydrogen) atoms. The molecule has 1 atom stereocenters. The molecule has 1 N–H and O–H groups in total. The first-order valence-corrected chi connectivity index (χ1v) is 7.88. The summed E-state index contributed by atoms with van der Waals surface area (Å²) < 4.78 is 38.3. The molecule has 1 aliphatic rings. The molecule has 0 saturated carbocycles. The molecular weight excluding hydrogens is 349 g/mol. The molecule has 0 spiro atoms. The van der Waals surface area contributed by atoms with E-state index in [1.165, 1.54) is 11.8 Å². The van der Waals surface area contributed by atoms with Crippen LogP contribution in [-0.2, 0) is 11.0 Å². The summed E-state index contributed by atoms with van der Waals surface area (Å²) in [5, 5.41) is 9.36. The third-order valence-electron chi connectivity index (χ3n) is 4.39. The predicted octanol–water partition coefficient (Wildman–Crippen LogP) is 3.63. The number of carbonyl (C=O) groups excluding carboxylic acids is 1. The normalized spacial score (nSPS) is 16.9. The molecule has 0 radical (unpaired) electrons. The van der Waals surface area contributed by atoms with Gasteiger partial charge in [-0.05, 0) is 37.1 Å². The van der Waals surface area contributed by atoms with Gasteiger partial charge in [0.25, 0.3) is 5.91 Å². The zero-order valence-corrected chi connectivity index (χ0v) is 13.7. The molecule has 0 aliphatic carbocycles. The van der Waals surface area contributed by atoms with Crippen LogP contribution in [0.2, 0.25) is 0 Å². The Morgan fingerprint density at radius 3 is 2.50 bits per heavy atom. The summed E-state index contributed by atoms with van der Waals surface area (Å²) in [6.07, 6.45) is -4.36. The molecule has 8 heteroatoms. The Hall–Kier alpha value is -2.90. The second-order valence-corrected chi connectivity index (χ2v) is 6.02. The van der Waals surface area contributed by atoms with Gasteiger partial charge in [0.15, 0.2) is 0 Å². The number of rotatable bonds is 2. The second kappa shape index (κ2) is 6.44. The Morgan fingerprint density at radius 1 is 1.19 bits per heavy atom. The summed E-state index contributed by atoms with van der Waals surface area (Å²) in [5.74, 6) is -2.20. The van der Waals surface area contributed by atoms with Crippen molar-refractivity contribution in [3.05, 3.63) is 58.9 Å². The first-order valence-electron chi connectivity index (χ1n) is 7.88. The monoisotopic (exact) mass is 364 g/mol. The summed E-state index contributed by atoms with van der Waals surface area (Å²) in [5.41, 5.74) is -0.0617. The van der Waals surface area contributed by atoms with Gasteiger partial charge in [-0.25, -0.2) is 4.98 Å². The van der Waals surface area contributed by atoms with E-state index in [4.69, 9.17) is 0 Å². The SMILES string of the molecule is Cc1nc(C(F)(F)F)ccc1C(=O)N1CCC(C(=O)O)c2ccccc21. The molecule has 5 nitrogen and oxygen atoms in total.